The maximum atomic E-state index is 12.5. The first-order chi connectivity index (χ1) is 23.5. The van der Waals surface area contributed by atoms with Crippen LogP contribution in [0.5, 0.6) is 11.5 Å². The Hall–Kier alpha value is -2.29. The van der Waals surface area contributed by atoms with Crippen LogP contribution in [-0.2, 0) is 32.5 Å². The lowest BCUT2D eigenvalue weighted by atomic mass is 9.33. The first kappa shape index (κ1) is 32.6. The van der Waals surface area contributed by atoms with Gasteiger partial charge < -0.3 is 44.5 Å². The summed E-state index contributed by atoms with van der Waals surface area (Å²) in [6, 6.07) is 8.32. The summed E-state index contributed by atoms with van der Waals surface area (Å²) in [5.41, 5.74) is -0.0504. The Morgan fingerprint density at radius 3 is 2.65 bits per heavy atom. The molecule has 3 aliphatic heterocycles. The van der Waals surface area contributed by atoms with Crippen molar-refractivity contribution in [2.75, 3.05) is 20.2 Å². The van der Waals surface area contributed by atoms with Crippen molar-refractivity contribution in [2.24, 2.45) is 17.3 Å². The van der Waals surface area contributed by atoms with Crippen LogP contribution < -0.4 is 9.47 Å². The van der Waals surface area contributed by atoms with Gasteiger partial charge in [0.25, 0.3) is 0 Å². The highest BCUT2D eigenvalue weighted by atomic mass is 32.1. The van der Waals surface area contributed by atoms with E-state index in [-0.39, 0.29) is 16.7 Å². The maximum Gasteiger partial charge on any atom is 0.335 e. The number of fused-ring (bicyclic) bond motifs is 2. The van der Waals surface area contributed by atoms with Gasteiger partial charge in [-0.1, -0.05) is 12.1 Å². The number of aliphatic hydroxyl groups is 4. The van der Waals surface area contributed by atoms with E-state index in [9.17, 15) is 30.3 Å². The van der Waals surface area contributed by atoms with Crippen LogP contribution in [0.1, 0.15) is 67.9 Å². The van der Waals surface area contributed by atoms with Crippen molar-refractivity contribution in [1.29, 1.82) is 0 Å². The standard InChI is InChI=1S/C37H47NO10S/c1-34(44,10-9-21-4-3-15-49-21)23-17-35-11-12-37(23,45-2)33-36(35)13-14-38(18-19-5-6-19)24(35)16-20-7-8-22(29(48-33)25(20)36)46-32-28(41)26(39)27(40)30(47-32)31(42)43/h3-4,7-8,15,19,23-24,26-28,30,32-33,39-41,44H,5-6,9-14,16-18H2,1-2H3,(H,42,43)/t23?,24-,26+,27+,28-,30+,32+,33?,34-,35-,36+,37-/m1/s1. The van der Waals surface area contributed by atoms with Crippen molar-refractivity contribution in [3.8, 4) is 11.5 Å². The Labute approximate surface area is 289 Å². The number of carbonyl (C=O) groups is 1. The smallest absolute Gasteiger partial charge is 0.335 e. The molecule has 1 aromatic carbocycles. The molecule has 2 unspecified atom stereocenters. The van der Waals surface area contributed by atoms with Crippen LogP contribution in [0, 0.1) is 17.3 Å². The molecule has 6 fully saturated rings. The molecule has 5 N–H and O–H groups in total. The van der Waals surface area contributed by atoms with Crippen LogP contribution in [-0.4, -0.2) is 111 Å². The van der Waals surface area contributed by atoms with E-state index < -0.39 is 54.0 Å². The lowest BCUT2D eigenvalue weighted by molar-refractivity contribution is -0.303. The van der Waals surface area contributed by atoms with Crippen molar-refractivity contribution >= 4 is 17.3 Å². The van der Waals surface area contributed by atoms with Gasteiger partial charge in [-0.05, 0) is 100 Å². The first-order valence-electron chi connectivity index (χ1n) is 17.9. The van der Waals surface area contributed by atoms with E-state index in [1.807, 2.05) is 6.92 Å². The predicted octanol–water partition coefficient (Wildman–Crippen LogP) is 2.63. The molecule has 5 aliphatic carbocycles. The number of piperidine rings is 1. The number of methoxy groups -OCH3 is 1. The molecule has 11 nitrogen and oxygen atoms in total. The number of carboxylic acids is 1. The zero-order chi connectivity index (χ0) is 34.1. The summed E-state index contributed by atoms with van der Waals surface area (Å²) >= 11 is 1.71. The molecule has 4 heterocycles. The molecule has 10 rings (SSSR count). The van der Waals surface area contributed by atoms with Crippen LogP contribution in [0.15, 0.2) is 29.6 Å². The third-order valence-corrected chi connectivity index (χ3v) is 14.8. The molecule has 49 heavy (non-hydrogen) atoms. The summed E-state index contributed by atoms with van der Waals surface area (Å²) in [6.07, 6.45) is -0.777. The molecule has 2 saturated heterocycles. The van der Waals surface area contributed by atoms with Gasteiger partial charge in [0.1, 0.15) is 30.0 Å². The maximum absolute atomic E-state index is 12.5. The summed E-state index contributed by atoms with van der Waals surface area (Å²) in [6.45, 7) is 4.03. The second kappa shape index (κ2) is 11.1. The summed E-state index contributed by atoms with van der Waals surface area (Å²) < 4.78 is 25.7. The minimum Gasteiger partial charge on any atom is -0.482 e. The average molecular weight is 698 g/mol. The third kappa shape index (κ3) is 4.41. The number of thiophene rings is 1. The van der Waals surface area contributed by atoms with E-state index in [1.165, 1.54) is 23.3 Å². The van der Waals surface area contributed by atoms with E-state index in [0.29, 0.717) is 24.0 Å². The molecular weight excluding hydrogens is 650 g/mol. The van der Waals surface area contributed by atoms with E-state index in [2.05, 4.69) is 28.5 Å². The largest absolute Gasteiger partial charge is 0.482 e. The Morgan fingerprint density at radius 2 is 1.94 bits per heavy atom. The van der Waals surface area contributed by atoms with E-state index in [1.54, 1.807) is 24.5 Å². The van der Waals surface area contributed by atoms with Gasteiger partial charge in [0, 0.05) is 46.9 Å². The Bertz CT molecular complexity index is 1630. The summed E-state index contributed by atoms with van der Waals surface area (Å²) in [5.74, 6) is -0.0672. The Morgan fingerprint density at radius 1 is 1.12 bits per heavy atom. The van der Waals surface area contributed by atoms with Crippen LogP contribution in [0.2, 0.25) is 0 Å². The number of aliphatic carboxylic acids is 1. The highest BCUT2D eigenvalue weighted by Gasteiger charge is 2.82. The predicted molar refractivity (Wildman–Crippen MR) is 177 cm³/mol. The molecule has 266 valence electrons. The zero-order valence-electron chi connectivity index (χ0n) is 28.0. The normalized spacial score (nSPS) is 43.1. The number of nitrogens with zero attached hydrogens (tertiary/aromatic N) is 1. The molecule has 1 aromatic heterocycles. The van der Waals surface area contributed by atoms with Crippen molar-refractivity contribution < 1.29 is 49.3 Å². The molecule has 8 aliphatic rings. The second-order valence-corrected chi connectivity index (χ2v) is 17.2. The number of hydrogen-bond acceptors (Lipinski definition) is 11. The average Bonchev–Trinajstić information content (AvgIpc) is 3.59. The van der Waals surface area contributed by atoms with Gasteiger partial charge in [-0.25, -0.2) is 4.79 Å². The Kier molecular flexibility index (Phi) is 7.39. The number of aliphatic hydroxyl groups excluding tert-OH is 3. The minimum atomic E-state index is -1.82. The van der Waals surface area contributed by atoms with Gasteiger partial charge in [0.05, 0.1) is 5.60 Å². The number of rotatable bonds is 10. The van der Waals surface area contributed by atoms with Crippen LogP contribution in [0.3, 0.4) is 0 Å². The number of likely N-dealkylation sites (tertiary alicyclic amines) is 1. The molecule has 0 radical (unpaired) electrons. The monoisotopic (exact) mass is 697 g/mol. The number of carboxylic acid groups (broad SMARTS) is 1. The van der Waals surface area contributed by atoms with E-state index in [4.69, 9.17) is 18.9 Å². The first-order valence-corrected chi connectivity index (χ1v) is 18.8. The van der Waals surface area contributed by atoms with Gasteiger partial charge in [-0.15, -0.1) is 11.3 Å². The second-order valence-electron chi connectivity index (χ2n) is 16.2. The van der Waals surface area contributed by atoms with Gasteiger partial charge in [-0.3, -0.25) is 4.90 Å². The molecule has 12 atom stereocenters. The van der Waals surface area contributed by atoms with Gasteiger partial charge in [0.15, 0.2) is 17.6 Å². The fraction of sp³-hybridized carbons (Fsp3) is 0.703. The van der Waals surface area contributed by atoms with Crippen molar-refractivity contribution in [3.63, 3.8) is 0 Å². The Balaban J connectivity index is 1.14. The van der Waals surface area contributed by atoms with Gasteiger partial charge in [0.2, 0.25) is 6.29 Å². The quantitative estimate of drug-likeness (QED) is 0.249. The fourth-order valence-electron chi connectivity index (χ4n) is 11.5. The van der Waals surface area contributed by atoms with Crippen molar-refractivity contribution in [1.82, 2.24) is 4.90 Å². The summed E-state index contributed by atoms with van der Waals surface area (Å²) in [7, 11) is 1.76. The number of hydrogen-bond donors (Lipinski definition) is 5. The van der Waals surface area contributed by atoms with Crippen LogP contribution in [0.4, 0.5) is 0 Å². The minimum absolute atomic E-state index is 0.172. The summed E-state index contributed by atoms with van der Waals surface area (Å²) in [4.78, 5) is 15.9. The highest BCUT2D eigenvalue weighted by Crippen LogP contribution is 2.77. The number of ether oxygens (including phenoxy) is 4. The lowest BCUT2D eigenvalue weighted by Gasteiger charge is -2.75. The highest BCUT2D eigenvalue weighted by molar-refractivity contribution is 7.09. The van der Waals surface area contributed by atoms with E-state index in [0.717, 1.165) is 63.1 Å². The zero-order valence-corrected chi connectivity index (χ0v) is 28.8. The third-order valence-electron chi connectivity index (χ3n) is 13.9. The van der Waals surface area contributed by atoms with Crippen LogP contribution >= 0.6 is 11.3 Å². The molecule has 4 bridgehead atoms. The van der Waals surface area contributed by atoms with E-state index >= 15 is 0 Å². The number of benzene rings is 1. The SMILES string of the molecule is CO[C@]12CC[C@@]3(CC1[C@](C)(O)CCc1cccs1)[C@H]1Cc4ccc(O[C@H]5O[C@H](C(=O)O)[C@@H](O)[C@H](O)[C@H]5O)c5c4[C@@]3(CCN1CC1CC1)C2O5. The van der Waals surface area contributed by atoms with Gasteiger partial charge >= 0.3 is 5.97 Å². The summed E-state index contributed by atoms with van der Waals surface area (Å²) in [5, 5.41) is 55.9. The fourth-order valence-corrected chi connectivity index (χ4v) is 12.2. The number of aryl methyl sites for hydroxylation is 1. The topological polar surface area (TPSA) is 158 Å². The molecular formula is C37H47NO10S. The van der Waals surface area contributed by atoms with Crippen LogP contribution in [0.25, 0.3) is 0 Å². The molecule has 0 amide bonds. The lowest BCUT2D eigenvalue weighted by Crippen LogP contribution is -2.82. The molecule has 12 heteroatoms. The van der Waals surface area contributed by atoms with Crippen molar-refractivity contribution in [2.45, 2.75) is 124 Å². The molecule has 4 saturated carbocycles. The molecule has 2 aromatic rings. The van der Waals surface area contributed by atoms with Gasteiger partial charge in [-0.2, -0.15) is 0 Å². The van der Waals surface area contributed by atoms with Crippen molar-refractivity contribution in [3.05, 3.63) is 45.6 Å². The molecule has 2 spiro atoms.